The normalized spacial score (nSPS) is 13.0. The fourth-order valence-corrected chi connectivity index (χ4v) is 1.82. The smallest absolute Gasteiger partial charge is 0.387 e. The Hall–Kier alpha value is -2.08. The molecule has 0 saturated carbocycles. The minimum atomic E-state index is -4.41. The summed E-state index contributed by atoms with van der Waals surface area (Å²) in [5.74, 6) is -0.420. The first-order valence-electron chi connectivity index (χ1n) is 6.21. The second kappa shape index (κ2) is 6.13. The van der Waals surface area contributed by atoms with Crippen LogP contribution in [0.5, 0.6) is 0 Å². The van der Waals surface area contributed by atoms with Gasteiger partial charge in [0.2, 0.25) is 0 Å². The second-order valence-electron chi connectivity index (χ2n) is 4.53. The van der Waals surface area contributed by atoms with Crippen molar-refractivity contribution < 1.29 is 22.7 Å². The minimum Gasteiger partial charge on any atom is -0.387 e. The number of rotatable bonds is 4. The van der Waals surface area contributed by atoms with E-state index in [4.69, 9.17) is 0 Å². The molecule has 2 aromatic rings. The molecule has 0 aromatic heterocycles. The lowest BCUT2D eigenvalue weighted by Crippen LogP contribution is -2.13. The molecule has 0 radical (unpaired) electrons. The van der Waals surface area contributed by atoms with E-state index in [2.05, 4.69) is 5.32 Å². The molecule has 2 N–H and O–H groups in total. The maximum Gasteiger partial charge on any atom is 0.416 e. The van der Waals surface area contributed by atoms with E-state index in [0.717, 1.165) is 12.1 Å². The zero-order valence-electron chi connectivity index (χ0n) is 10.9. The van der Waals surface area contributed by atoms with Gasteiger partial charge in [0.05, 0.1) is 11.7 Å². The van der Waals surface area contributed by atoms with Crippen LogP contribution in [-0.4, -0.2) is 11.7 Å². The Kier molecular flexibility index (Phi) is 4.47. The van der Waals surface area contributed by atoms with E-state index in [9.17, 15) is 22.7 Å². The van der Waals surface area contributed by atoms with E-state index in [1.165, 1.54) is 36.4 Å². The molecule has 0 aliphatic carbocycles. The fraction of sp³-hybridized carbons (Fsp3) is 0.200. The standard InChI is InChI=1S/C15H13F4NO/c16-12-6-4-10(5-7-12)14(21)9-20-13-3-1-2-11(8-13)15(17,18)19/h1-8,14,20-21H,9H2. The summed E-state index contributed by atoms with van der Waals surface area (Å²) in [5, 5.41) is 12.6. The minimum absolute atomic E-state index is 0.0208. The average Bonchev–Trinajstić information content (AvgIpc) is 2.45. The molecular weight excluding hydrogens is 286 g/mol. The third-order valence-electron chi connectivity index (χ3n) is 2.94. The van der Waals surface area contributed by atoms with Gasteiger partial charge < -0.3 is 10.4 Å². The topological polar surface area (TPSA) is 32.3 Å². The monoisotopic (exact) mass is 299 g/mol. The maximum atomic E-state index is 12.8. The molecular formula is C15H13F4NO. The molecule has 0 fully saturated rings. The van der Waals surface area contributed by atoms with Gasteiger partial charge in [0.15, 0.2) is 0 Å². The van der Waals surface area contributed by atoms with E-state index in [0.29, 0.717) is 5.56 Å². The van der Waals surface area contributed by atoms with E-state index in [-0.39, 0.29) is 12.2 Å². The number of benzene rings is 2. The van der Waals surface area contributed by atoms with Gasteiger partial charge in [0.1, 0.15) is 5.82 Å². The summed E-state index contributed by atoms with van der Waals surface area (Å²) in [6.07, 6.45) is -5.35. The highest BCUT2D eigenvalue weighted by Crippen LogP contribution is 2.30. The number of hydrogen-bond donors (Lipinski definition) is 2. The van der Waals surface area contributed by atoms with Crippen molar-refractivity contribution in [3.8, 4) is 0 Å². The first-order chi connectivity index (χ1) is 9.86. The quantitative estimate of drug-likeness (QED) is 0.837. The fourth-order valence-electron chi connectivity index (χ4n) is 1.82. The van der Waals surface area contributed by atoms with Crippen molar-refractivity contribution in [1.82, 2.24) is 0 Å². The summed E-state index contributed by atoms with van der Waals surface area (Å²) in [4.78, 5) is 0. The number of aliphatic hydroxyl groups is 1. The highest BCUT2D eigenvalue weighted by atomic mass is 19.4. The zero-order valence-corrected chi connectivity index (χ0v) is 10.9. The summed E-state index contributed by atoms with van der Waals surface area (Å²) in [6, 6.07) is 9.98. The van der Waals surface area contributed by atoms with Crippen LogP contribution < -0.4 is 5.32 Å². The number of nitrogens with one attached hydrogen (secondary N) is 1. The predicted molar refractivity (Wildman–Crippen MR) is 71.3 cm³/mol. The molecule has 21 heavy (non-hydrogen) atoms. The van der Waals surface area contributed by atoms with E-state index in [1.807, 2.05) is 0 Å². The third kappa shape index (κ3) is 4.19. The SMILES string of the molecule is OC(CNc1cccc(C(F)(F)F)c1)c1ccc(F)cc1. The number of aliphatic hydroxyl groups excluding tert-OH is 1. The molecule has 2 aromatic carbocycles. The Morgan fingerprint density at radius 3 is 2.33 bits per heavy atom. The van der Waals surface area contributed by atoms with Crippen LogP contribution in [0.3, 0.4) is 0 Å². The Morgan fingerprint density at radius 1 is 1.05 bits per heavy atom. The molecule has 1 unspecified atom stereocenters. The predicted octanol–water partition coefficient (Wildman–Crippen LogP) is 3.99. The first kappa shape index (κ1) is 15.3. The summed E-state index contributed by atoms with van der Waals surface area (Å²) in [7, 11) is 0. The summed E-state index contributed by atoms with van der Waals surface area (Å²) in [6.45, 7) is 0.0208. The molecule has 6 heteroatoms. The molecule has 0 spiro atoms. The third-order valence-corrected chi connectivity index (χ3v) is 2.94. The Bertz CT molecular complexity index is 595. The summed E-state index contributed by atoms with van der Waals surface area (Å²) >= 11 is 0. The largest absolute Gasteiger partial charge is 0.416 e. The van der Waals surface area contributed by atoms with Crippen LogP contribution in [-0.2, 0) is 6.18 Å². The van der Waals surface area contributed by atoms with Gasteiger partial charge in [-0.05, 0) is 35.9 Å². The van der Waals surface area contributed by atoms with E-state index >= 15 is 0 Å². The van der Waals surface area contributed by atoms with Gasteiger partial charge in [-0.25, -0.2) is 4.39 Å². The van der Waals surface area contributed by atoms with Gasteiger partial charge in [0, 0.05) is 12.2 Å². The molecule has 0 heterocycles. The molecule has 0 aliphatic rings. The van der Waals surface area contributed by atoms with Crippen LogP contribution >= 0.6 is 0 Å². The van der Waals surface area contributed by atoms with Gasteiger partial charge in [-0.15, -0.1) is 0 Å². The number of anilines is 1. The van der Waals surface area contributed by atoms with Crippen LogP contribution in [0.15, 0.2) is 48.5 Å². The van der Waals surface area contributed by atoms with Gasteiger partial charge in [-0.1, -0.05) is 18.2 Å². The summed E-state index contributed by atoms with van der Waals surface area (Å²) in [5.41, 5.74) is -0.0226. The van der Waals surface area contributed by atoms with Crippen LogP contribution in [0, 0.1) is 5.82 Å². The van der Waals surface area contributed by atoms with Crippen LogP contribution in [0.1, 0.15) is 17.2 Å². The van der Waals surface area contributed by atoms with Gasteiger partial charge in [-0.3, -0.25) is 0 Å². The lowest BCUT2D eigenvalue weighted by atomic mass is 10.1. The van der Waals surface area contributed by atoms with Crippen molar-refractivity contribution in [2.24, 2.45) is 0 Å². The van der Waals surface area contributed by atoms with Crippen LogP contribution in [0.25, 0.3) is 0 Å². The Labute approximate surface area is 119 Å². The van der Waals surface area contributed by atoms with Gasteiger partial charge in [0.25, 0.3) is 0 Å². The number of alkyl halides is 3. The molecule has 2 rings (SSSR count). The van der Waals surface area contributed by atoms with Crippen molar-refractivity contribution in [2.75, 3.05) is 11.9 Å². The van der Waals surface area contributed by atoms with Crippen molar-refractivity contribution >= 4 is 5.69 Å². The second-order valence-corrected chi connectivity index (χ2v) is 4.53. The molecule has 112 valence electrons. The van der Waals surface area contributed by atoms with Gasteiger partial charge in [-0.2, -0.15) is 13.2 Å². The van der Waals surface area contributed by atoms with E-state index in [1.54, 1.807) is 0 Å². The lowest BCUT2D eigenvalue weighted by Gasteiger charge is -2.14. The molecule has 2 nitrogen and oxygen atoms in total. The first-order valence-corrected chi connectivity index (χ1v) is 6.21. The zero-order chi connectivity index (χ0) is 15.5. The molecule has 1 atom stereocenters. The van der Waals surface area contributed by atoms with E-state index < -0.39 is 23.7 Å². The summed E-state index contributed by atoms with van der Waals surface area (Å²) < 4.78 is 50.4. The van der Waals surface area contributed by atoms with Crippen molar-refractivity contribution in [3.63, 3.8) is 0 Å². The van der Waals surface area contributed by atoms with Crippen molar-refractivity contribution in [2.45, 2.75) is 12.3 Å². The van der Waals surface area contributed by atoms with Crippen LogP contribution in [0.2, 0.25) is 0 Å². The van der Waals surface area contributed by atoms with Crippen LogP contribution in [0.4, 0.5) is 23.2 Å². The Balaban J connectivity index is 2.01. The molecule has 0 saturated heterocycles. The average molecular weight is 299 g/mol. The Morgan fingerprint density at radius 2 is 1.71 bits per heavy atom. The molecule has 0 amide bonds. The molecule has 0 aliphatic heterocycles. The van der Waals surface area contributed by atoms with Gasteiger partial charge >= 0.3 is 6.18 Å². The highest BCUT2D eigenvalue weighted by Gasteiger charge is 2.30. The maximum absolute atomic E-state index is 12.8. The number of hydrogen-bond acceptors (Lipinski definition) is 2. The molecule has 0 bridgehead atoms. The highest BCUT2D eigenvalue weighted by molar-refractivity contribution is 5.46. The van der Waals surface area contributed by atoms with Crippen molar-refractivity contribution in [1.29, 1.82) is 0 Å². The number of halogens is 4. The lowest BCUT2D eigenvalue weighted by molar-refractivity contribution is -0.137. The van der Waals surface area contributed by atoms with Crippen molar-refractivity contribution in [3.05, 3.63) is 65.5 Å².